The Morgan fingerprint density at radius 2 is 1.76 bits per heavy atom. The molecule has 2 heteroatoms. The zero-order valence-corrected chi connectivity index (χ0v) is 12.1. The van der Waals surface area contributed by atoms with Crippen LogP contribution < -0.4 is 0 Å². The summed E-state index contributed by atoms with van der Waals surface area (Å²) in [7, 11) is 0. The smallest absolute Gasteiger partial charge is 0.166 e. The molecule has 0 aliphatic heterocycles. The molecule has 21 heavy (non-hydrogen) atoms. The molecule has 1 aliphatic rings. The van der Waals surface area contributed by atoms with E-state index in [0.29, 0.717) is 11.5 Å². The van der Waals surface area contributed by atoms with E-state index in [-0.39, 0.29) is 0 Å². The minimum Gasteiger partial charge on any atom is -0.204 e. The SMILES string of the molecule is Cc1ccc(C2CC=C(c3cccc(F)c3F)CC2)cc1. The van der Waals surface area contributed by atoms with E-state index in [1.165, 1.54) is 11.1 Å². The highest BCUT2D eigenvalue weighted by Crippen LogP contribution is 2.36. The lowest BCUT2D eigenvalue weighted by Gasteiger charge is -2.23. The summed E-state index contributed by atoms with van der Waals surface area (Å²) in [4.78, 5) is 0. The first-order valence-corrected chi connectivity index (χ1v) is 7.35. The summed E-state index contributed by atoms with van der Waals surface area (Å²) in [6.07, 6.45) is 4.71. The van der Waals surface area contributed by atoms with Gasteiger partial charge in [-0.3, -0.25) is 0 Å². The van der Waals surface area contributed by atoms with Gasteiger partial charge in [0.1, 0.15) is 0 Å². The van der Waals surface area contributed by atoms with Crippen molar-refractivity contribution in [2.24, 2.45) is 0 Å². The molecule has 0 nitrogen and oxygen atoms in total. The molecule has 0 radical (unpaired) electrons. The number of rotatable bonds is 2. The first kappa shape index (κ1) is 14.0. The van der Waals surface area contributed by atoms with E-state index in [0.717, 1.165) is 30.9 Å². The summed E-state index contributed by atoms with van der Waals surface area (Å²) >= 11 is 0. The monoisotopic (exact) mass is 284 g/mol. The molecule has 0 spiro atoms. The molecule has 0 aromatic heterocycles. The number of aryl methyl sites for hydroxylation is 1. The second kappa shape index (κ2) is 5.80. The fourth-order valence-electron chi connectivity index (χ4n) is 2.97. The third-order valence-electron chi connectivity index (χ3n) is 4.26. The summed E-state index contributed by atoms with van der Waals surface area (Å²) < 4.78 is 27.1. The molecule has 1 unspecified atom stereocenters. The molecular weight excluding hydrogens is 266 g/mol. The van der Waals surface area contributed by atoms with E-state index in [4.69, 9.17) is 0 Å². The third-order valence-corrected chi connectivity index (χ3v) is 4.26. The van der Waals surface area contributed by atoms with Crippen LogP contribution >= 0.6 is 0 Å². The maximum atomic E-state index is 13.8. The Morgan fingerprint density at radius 3 is 2.43 bits per heavy atom. The topological polar surface area (TPSA) is 0 Å². The van der Waals surface area contributed by atoms with Gasteiger partial charge in [0, 0.05) is 5.56 Å². The van der Waals surface area contributed by atoms with Crippen molar-refractivity contribution < 1.29 is 8.78 Å². The van der Waals surface area contributed by atoms with E-state index < -0.39 is 11.6 Å². The predicted molar refractivity (Wildman–Crippen MR) is 82.1 cm³/mol. The first-order valence-electron chi connectivity index (χ1n) is 7.35. The second-order valence-electron chi connectivity index (χ2n) is 5.71. The van der Waals surface area contributed by atoms with Gasteiger partial charge in [0.05, 0.1) is 0 Å². The van der Waals surface area contributed by atoms with E-state index in [1.54, 1.807) is 12.1 Å². The van der Waals surface area contributed by atoms with Crippen molar-refractivity contribution in [3.05, 3.63) is 76.9 Å². The van der Waals surface area contributed by atoms with E-state index >= 15 is 0 Å². The van der Waals surface area contributed by atoms with Gasteiger partial charge in [-0.25, -0.2) is 8.78 Å². The average molecular weight is 284 g/mol. The fourth-order valence-corrected chi connectivity index (χ4v) is 2.97. The van der Waals surface area contributed by atoms with Gasteiger partial charge in [0.15, 0.2) is 11.6 Å². The minimum atomic E-state index is -0.769. The molecule has 2 aromatic carbocycles. The van der Waals surface area contributed by atoms with Crippen molar-refractivity contribution in [3.8, 4) is 0 Å². The van der Waals surface area contributed by atoms with Crippen LogP contribution in [0.1, 0.15) is 41.9 Å². The number of hydrogen-bond donors (Lipinski definition) is 0. The molecule has 0 heterocycles. The van der Waals surface area contributed by atoms with Gasteiger partial charge < -0.3 is 0 Å². The molecule has 0 fully saturated rings. The Hall–Kier alpha value is -1.96. The van der Waals surface area contributed by atoms with Gasteiger partial charge in [-0.05, 0) is 49.3 Å². The Balaban J connectivity index is 1.80. The summed E-state index contributed by atoms with van der Waals surface area (Å²) in [6.45, 7) is 2.08. The van der Waals surface area contributed by atoms with Crippen LogP contribution in [-0.4, -0.2) is 0 Å². The number of hydrogen-bond acceptors (Lipinski definition) is 0. The van der Waals surface area contributed by atoms with Crippen molar-refractivity contribution in [2.75, 3.05) is 0 Å². The lowest BCUT2D eigenvalue weighted by atomic mass is 9.82. The predicted octanol–water partition coefficient (Wildman–Crippen LogP) is 5.62. The van der Waals surface area contributed by atoms with Crippen molar-refractivity contribution in [2.45, 2.75) is 32.1 Å². The number of benzene rings is 2. The van der Waals surface area contributed by atoms with E-state index in [2.05, 4.69) is 37.3 Å². The highest BCUT2D eigenvalue weighted by molar-refractivity contribution is 5.67. The first-order chi connectivity index (χ1) is 10.1. The van der Waals surface area contributed by atoms with Crippen molar-refractivity contribution >= 4 is 5.57 Å². The van der Waals surface area contributed by atoms with Gasteiger partial charge in [-0.15, -0.1) is 0 Å². The molecule has 0 saturated carbocycles. The summed E-state index contributed by atoms with van der Waals surface area (Å²) in [5.74, 6) is -1.02. The Morgan fingerprint density at radius 1 is 1.00 bits per heavy atom. The van der Waals surface area contributed by atoms with Crippen molar-refractivity contribution in [1.82, 2.24) is 0 Å². The molecule has 3 rings (SSSR count). The van der Waals surface area contributed by atoms with Crippen molar-refractivity contribution in [1.29, 1.82) is 0 Å². The van der Waals surface area contributed by atoms with Gasteiger partial charge in [-0.1, -0.05) is 48.0 Å². The quantitative estimate of drug-likeness (QED) is 0.671. The summed E-state index contributed by atoms with van der Waals surface area (Å²) in [5.41, 5.74) is 3.93. The molecule has 108 valence electrons. The molecule has 0 saturated heterocycles. The van der Waals surface area contributed by atoms with Crippen LogP contribution in [-0.2, 0) is 0 Å². The Kier molecular flexibility index (Phi) is 3.87. The molecule has 1 aliphatic carbocycles. The lowest BCUT2D eigenvalue weighted by Crippen LogP contribution is -2.05. The van der Waals surface area contributed by atoms with Crippen LogP contribution in [0, 0.1) is 18.6 Å². The third kappa shape index (κ3) is 2.90. The fraction of sp³-hybridized carbons (Fsp3) is 0.263. The number of halogens is 2. The minimum absolute atomic E-state index is 0.414. The summed E-state index contributed by atoms with van der Waals surface area (Å²) in [6, 6.07) is 13.0. The molecule has 1 atom stereocenters. The Bertz CT molecular complexity index is 668. The van der Waals surface area contributed by atoms with E-state index in [1.807, 2.05) is 0 Å². The summed E-state index contributed by atoms with van der Waals surface area (Å²) in [5, 5.41) is 0. The van der Waals surface area contributed by atoms with Gasteiger partial charge in [-0.2, -0.15) is 0 Å². The second-order valence-corrected chi connectivity index (χ2v) is 5.71. The van der Waals surface area contributed by atoms with Crippen LogP contribution in [0.25, 0.3) is 5.57 Å². The van der Waals surface area contributed by atoms with Gasteiger partial charge in [0.2, 0.25) is 0 Å². The maximum absolute atomic E-state index is 13.8. The zero-order chi connectivity index (χ0) is 14.8. The largest absolute Gasteiger partial charge is 0.204 e. The van der Waals surface area contributed by atoms with Crippen LogP contribution in [0.4, 0.5) is 8.78 Å². The molecule has 0 amide bonds. The average Bonchev–Trinajstić information content (AvgIpc) is 2.51. The lowest BCUT2D eigenvalue weighted by molar-refractivity contribution is 0.505. The Labute approximate surface area is 124 Å². The highest BCUT2D eigenvalue weighted by atomic mass is 19.2. The number of allylic oxidation sites excluding steroid dienone is 2. The van der Waals surface area contributed by atoms with Gasteiger partial charge >= 0.3 is 0 Å². The van der Waals surface area contributed by atoms with Crippen LogP contribution in [0.3, 0.4) is 0 Å². The highest BCUT2D eigenvalue weighted by Gasteiger charge is 2.19. The van der Waals surface area contributed by atoms with Gasteiger partial charge in [0.25, 0.3) is 0 Å². The van der Waals surface area contributed by atoms with E-state index in [9.17, 15) is 8.78 Å². The normalized spacial score (nSPS) is 18.4. The van der Waals surface area contributed by atoms with Crippen LogP contribution in [0.5, 0.6) is 0 Å². The standard InChI is InChI=1S/C19H18F2/c1-13-5-7-14(8-6-13)15-9-11-16(12-10-15)17-3-2-4-18(20)19(17)21/h2-8,11,15H,9-10,12H2,1H3. The molecule has 0 N–H and O–H groups in total. The van der Waals surface area contributed by atoms with Crippen LogP contribution in [0.15, 0.2) is 48.5 Å². The van der Waals surface area contributed by atoms with Crippen LogP contribution in [0.2, 0.25) is 0 Å². The molecule has 2 aromatic rings. The van der Waals surface area contributed by atoms with Crippen molar-refractivity contribution in [3.63, 3.8) is 0 Å². The maximum Gasteiger partial charge on any atom is 0.166 e. The zero-order valence-electron chi connectivity index (χ0n) is 12.1. The molecular formula is C19H18F2. The molecule has 0 bridgehead atoms.